The van der Waals surface area contributed by atoms with Crippen molar-refractivity contribution >= 4 is 11.6 Å². The Bertz CT molecular complexity index is 444. The molecule has 17 heavy (non-hydrogen) atoms. The van der Waals surface area contributed by atoms with Crippen molar-refractivity contribution < 1.29 is 14.6 Å². The predicted molar refractivity (Wildman–Crippen MR) is 66.2 cm³/mol. The quantitative estimate of drug-likeness (QED) is 0.867. The molecule has 0 unspecified atom stereocenters. The molecule has 94 valence electrons. The highest BCUT2D eigenvalue weighted by molar-refractivity contribution is 6.33. The van der Waals surface area contributed by atoms with Crippen LogP contribution in [0.2, 0.25) is 5.02 Å². The number of hydrogen-bond donors (Lipinski definition) is 2. The lowest BCUT2D eigenvalue weighted by Crippen LogP contribution is -2.21. The molecule has 0 aromatic heterocycles. The normalized spacial score (nSPS) is 16.7. The van der Waals surface area contributed by atoms with Crippen LogP contribution < -0.4 is 15.2 Å². The van der Waals surface area contributed by atoms with Crippen molar-refractivity contribution in [3.63, 3.8) is 0 Å². The topological polar surface area (TPSA) is 64.7 Å². The minimum Gasteiger partial charge on any atom is -0.506 e. The number of halogens is 1. The highest BCUT2D eigenvalue weighted by atomic mass is 35.5. The second-order valence-electron chi connectivity index (χ2n) is 4.30. The first kappa shape index (κ1) is 12.3. The first-order valence-electron chi connectivity index (χ1n) is 5.43. The van der Waals surface area contributed by atoms with Gasteiger partial charge in [0.25, 0.3) is 0 Å². The van der Waals surface area contributed by atoms with Gasteiger partial charge in [0, 0.05) is 23.6 Å². The van der Waals surface area contributed by atoms with E-state index in [0.29, 0.717) is 23.1 Å². The second-order valence-corrected chi connectivity index (χ2v) is 4.68. The lowest BCUT2D eigenvalue weighted by molar-refractivity contribution is 0.345. The smallest absolute Gasteiger partial charge is 0.166 e. The molecular formula is C12H16ClNO3. The Hall–Kier alpha value is -1.13. The van der Waals surface area contributed by atoms with Crippen LogP contribution in [0.15, 0.2) is 6.07 Å². The van der Waals surface area contributed by atoms with Crippen LogP contribution in [0.25, 0.3) is 0 Å². The summed E-state index contributed by atoms with van der Waals surface area (Å²) in [4.78, 5) is 0. The summed E-state index contributed by atoms with van der Waals surface area (Å²) in [7, 11) is 3.08. The standard InChI is InChI=1S/C12H16ClNO3/c1-16-8-5-7(15)10(13)9(11(8)17-2)12(6-14)3-4-12/h5,15H,3-4,6,14H2,1-2H3. The maximum atomic E-state index is 9.81. The fourth-order valence-corrected chi connectivity index (χ4v) is 2.48. The lowest BCUT2D eigenvalue weighted by Gasteiger charge is -2.21. The first-order chi connectivity index (χ1) is 8.09. The average molecular weight is 258 g/mol. The Balaban J connectivity index is 2.66. The molecule has 2 rings (SSSR count). The third kappa shape index (κ3) is 1.81. The van der Waals surface area contributed by atoms with Crippen molar-refractivity contribution in [2.24, 2.45) is 5.73 Å². The van der Waals surface area contributed by atoms with E-state index < -0.39 is 0 Å². The Morgan fingerprint density at radius 3 is 2.47 bits per heavy atom. The number of hydrogen-bond acceptors (Lipinski definition) is 4. The average Bonchev–Trinajstić information content (AvgIpc) is 3.12. The second kappa shape index (κ2) is 4.27. The van der Waals surface area contributed by atoms with E-state index in [1.54, 1.807) is 7.11 Å². The van der Waals surface area contributed by atoms with Gasteiger partial charge in [-0.25, -0.2) is 0 Å². The van der Waals surface area contributed by atoms with Crippen LogP contribution in [-0.4, -0.2) is 25.9 Å². The molecular weight excluding hydrogens is 242 g/mol. The molecule has 1 aliphatic carbocycles. The van der Waals surface area contributed by atoms with E-state index in [1.807, 2.05) is 0 Å². The van der Waals surface area contributed by atoms with E-state index in [1.165, 1.54) is 13.2 Å². The highest BCUT2D eigenvalue weighted by Crippen LogP contribution is 2.57. The van der Waals surface area contributed by atoms with Crippen molar-refractivity contribution in [2.75, 3.05) is 20.8 Å². The zero-order valence-corrected chi connectivity index (χ0v) is 10.7. The lowest BCUT2D eigenvalue weighted by atomic mass is 9.94. The number of phenolic OH excluding ortho intramolecular Hbond substituents is 1. The number of rotatable bonds is 4. The zero-order chi connectivity index (χ0) is 12.6. The predicted octanol–water partition coefficient (Wildman–Crippen LogP) is 2.05. The molecule has 5 heteroatoms. The summed E-state index contributed by atoms with van der Waals surface area (Å²) in [5.74, 6) is 1.04. The van der Waals surface area contributed by atoms with Crippen molar-refractivity contribution in [3.05, 3.63) is 16.7 Å². The van der Waals surface area contributed by atoms with Crippen molar-refractivity contribution in [2.45, 2.75) is 18.3 Å². The summed E-state index contributed by atoms with van der Waals surface area (Å²) < 4.78 is 10.6. The number of nitrogens with two attached hydrogens (primary N) is 1. The molecule has 0 radical (unpaired) electrons. The summed E-state index contributed by atoms with van der Waals surface area (Å²) in [5.41, 5.74) is 6.39. The summed E-state index contributed by atoms with van der Waals surface area (Å²) in [6, 6.07) is 1.46. The Morgan fingerprint density at radius 2 is 2.06 bits per heavy atom. The summed E-state index contributed by atoms with van der Waals surface area (Å²) >= 11 is 6.17. The van der Waals surface area contributed by atoms with Gasteiger partial charge in [0.2, 0.25) is 0 Å². The molecule has 1 aromatic carbocycles. The minimum atomic E-state index is -0.172. The van der Waals surface area contributed by atoms with Gasteiger partial charge in [-0.1, -0.05) is 11.6 Å². The van der Waals surface area contributed by atoms with E-state index in [0.717, 1.165) is 18.4 Å². The fraction of sp³-hybridized carbons (Fsp3) is 0.500. The number of benzene rings is 1. The Morgan fingerprint density at radius 1 is 1.41 bits per heavy atom. The van der Waals surface area contributed by atoms with Crippen LogP contribution in [0.3, 0.4) is 0 Å². The molecule has 0 atom stereocenters. The van der Waals surface area contributed by atoms with Gasteiger partial charge in [-0.05, 0) is 12.8 Å². The minimum absolute atomic E-state index is 0.000887. The number of aromatic hydroxyl groups is 1. The number of phenols is 1. The molecule has 0 aliphatic heterocycles. The van der Waals surface area contributed by atoms with Gasteiger partial charge in [0.05, 0.1) is 19.2 Å². The fourth-order valence-electron chi connectivity index (χ4n) is 2.14. The van der Waals surface area contributed by atoms with Gasteiger partial charge in [-0.2, -0.15) is 0 Å². The van der Waals surface area contributed by atoms with Crippen LogP contribution >= 0.6 is 11.6 Å². The summed E-state index contributed by atoms with van der Waals surface area (Å²) in [5, 5.41) is 10.1. The molecule has 1 aromatic rings. The van der Waals surface area contributed by atoms with Gasteiger partial charge in [-0.15, -0.1) is 0 Å². The summed E-state index contributed by atoms with van der Waals surface area (Å²) in [6.45, 7) is 0.482. The van der Waals surface area contributed by atoms with Crippen molar-refractivity contribution in [1.82, 2.24) is 0 Å². The maximum Gasteiger partial charge on any atom is 0.166 e. The third-order valence-corrected chi connectivity index (χ3v) is 3.74. The highest BCUT2D eigenvalue weighted by Gasteiger charge is 2.47. The Kier molecular flexibility index (Phi) is 3.10. The zero-order valence-electron chi connectivity index (χ0n) is 9.92. The maximum absolute atomic E-state index is 9.81. The van der Waals surface area contributed by atoms with Gasteiger partial charge in [-0.3, -0.25) is 0 Å². The molecule has 0 bridgehead atoms. The number of ether oxygens (including phenoxy) is 2. The molecule has 0 heterocycles. The van der Waals surface area contributed by atoms with E-state index >= 15 is 0 Å². The molecule has 0 saturated heterocycles. The summed E-state index contributed by atoms with van der Waals surface area (Å²) in [6.07, 6.45) is 1.90. The van der Waals surface area contributed by atoms with E-state index in [9.17, 15) is 5.11 Å². The van der Waals surface area contributed by atoms with E-state index in [2.05, 4.69) is 0 Å². The third-order valence-electron chi connectivity index (χ3n) is 3.36. The van der Waals surface area contributed by atoms with Crippen LogP contribution in [0.4, 0.5) is 0 Å². The molecule has 1 aliphatic rings. The molecule has 1 saturated carbocycles. The van der Waals surface area contributed by atoms with Crippen LogP contribution in [0.1, 0.15) is 18.4 Å². The molecule has 3 N–H and O–H groups in total. The van der Waals surface area contributed by atoms with Gasteiger partial charge in [0.1, 0.15) is 5.75 Å². The van der Waals surface area contributed by atoms with Gasteiger partial charge in [0.15, 0.2) is 11.5 Å². The van der Waals surface area contributed by atoms with Crippen LogP contribution in [0.5, 0.6) is 17.2 Å². The van der Waals surface area contributed by atoms with E-state index in [-0.39, 0.29) is 11.2 Å². The van der Waals surface area contributed by atoms with Crippen molar-refractivity contribution in [3.8, 4) is 17.2 Å². The van der Waals surface area contributed by atoms with E-state index in [4.69, 9.17) is 26.8 Å². The molecule has 1 fully saturated rings. The van der Waals surface area contributed by atoms with Gasteiger partial charge < -0.3 is 20.3 Å². The van der Waals surface area contributed by atoms with Gasteiger partial charge >= 0.3 is 0 Å². The number of methoxy groups -OCH3 is 2. The van der Waals surface area contributed by atoms with Crippen LogP contribution in [0, 0.1) is 0 Å². The first-order valence-corrected chi connectivity index (χ1v) is 5.81. The molecule has 0 spiro atoms. The van der Waals surface area contributed by atoms with Crippen LogP contribution in [-0.2, 0) is 5.41 Å². The SMILES string of the molecule is COc1cc(O)c(Cl)c(C2(CN)CC2)c1OC. The van der Waals surface area contributed by atoms with Crippen molar-refractivity contribution in [1.29, 1.82) is 0 Å². The monoisotopic (exact) mass is 257 g/mol. The molecule has 0 amide bonds. The Labute approximate surface area is 105 Å². The largest absolute Gasteiger partial charge is 0.506 e. The molecule has 4 nitrogen and oxygen atoms in total.